The summed E-state index contributed by atoms with van der Waals surface area (Å²) < 4.78 is 1.81. The highest BCUT2D eigenvalue weighted by Crippen LogP contribution is 2.18. The van der Waals surface area contributed by atoms with Gasteiger partial charge in [-0.1, -0.05) is 24.3 Å². The Morgan fingerprint density at radius 2 is 2.00 bits per heavy atom. The molecule has 1 N–H and O–H groups in total. The van der Waals surface area contributed by atoms with E-state index < -0.39 is 4.92 Å². The summed E-state index contributed by atoms with van der Waals surface area (Å²) in [4.78, 5) is 27.0. The third kappa shape index (κ3) is 4.24. The molecule has 27 heavy (non-hydrogen) atoms. The second-order valence-electron chi connectivity index (χ2n) is 5.72. The van der Waals surface area contributed by atoms with Crippen molar-refractivity contribution in [1.29, 1.82) is 0 Å². The maximum Gasteiger partial charge on any atom is 0.276 e. The molecule has 136 valence electrons. The van der Waals surface area contributed by atoms with E-state index in [2.05, 4.69) is 15.5 Å². The molecule has 0 unspecified atom stereocenters. The number of para-hydroxylation sites is 3. The van der Waals surface area contributed by atoms with E-state index >= 15 is 0 Å². The largest absolute Gasteiger partial charge is 0.319 e. The second-order valence-corrected chi connectivity index (χ2v) is 5.72. The highest BCUT2D eigenvalue weighted by molar-refractivity contribution is 5.83. The third-order valence-corrected chi connectivity index (χ3v) is 3.91. The molecule has 8 nitrogen and oxygen atoms in total. The number of benzene rings is 2. The van der Waals surface area contributed by atoms with Crippen LogP contribution in [0, 0.1) is 17.0 Å². The molecule has 3 aromatic rings. The first kappa shape index (κ1) is 18.0. The first-order valence-electron chi connectivity index (χ1n) is 8.20. The lowest BCUT2D eigenvalue weighted by atomic mass is 10.2. The van der Waals surface area contributed by atoms with Crippen LogP contribution in [0.5, 0.6) is 0 Å². The molecule has 0 aliphatic rings. The minimum atomic E-state index is -0.448. The van der Waals surface area contributed by atoms with Crippen molar-refractivity contribution < 1.29 is 9.72 Å². The molecule has 8 heteroatoms. The Kier molecular flexibility index (Phi) is 5.36. The van der Waals surface area contributed by atoms with Crippen molar-refractivity contribution in [2.24, 2.45) is 5.10 Å². The summed E-state index contributed by atoms with van der Waals surface area (Å²) in [6.07, 6.45) is 4.45. The minimum absolute atomic E-state index is 0.00801. The zero-order chi connectivity index (χ0) is 19.2. The number of aromatic nitrogens is 2. The van der Waals surface area contributed by atoms with Gasteiger partial charge in [-0.3, -0.25) is 14.9 Å². The summed E-state index contributed by atoms with van der Waals surface area (Å²) in [5.41, 5.74) is 4.61. The van der Waals surface area contributed by atoms with E-state index in [-0.39, 0.29) is 18.1 Å². The normalized spacial score (nSPS) is 11.4. The van der Waals surface area contributed by atoms with Crippen LogP contribution in [0.3, 0.4) is 0 Å². The molecule has 1 aromatic heterocycles. The Balaban J connectivity index is 1.61. The van der Waals surface area contributed by atoms with Gasteiger partial charge >= 0.3 is 0 Å². The summed E-state index contributed by atoms with van der Waals surface area (Å²) in [7, 11) is 0. The molecule has 0 fully saturated rings. The number of rotatable bonds is 6. The maximum absolute atomic E-state index is 12.1. The number of nitrogens with one attached hydrogen (secondary N) is 1. The average Bonchev–Trinajstić information content (AvgIpc) is 2.97. The summed E-state index contributed by atoms with van der Waals surface area (Å²) in [5, 5.41) is 14.8. The molecule has 0 saturated heterocycles. The van der Waals surface area contributed by atoms with Gasteiger partial charge in [0.2, 0.25) is 0 Å². The average molecular weight is 363 g/mol. The van der Waals surface area contributed by atoms with Crippen LogP contribution in [0.15, 0.2) is 59.7 Å². The zero-order valence-electron chi connectivity index (χ0n) is 14.6. The number of carbonyl (C=O) groups is 1. The Hall–Kier alpha value is -3.81. The molecule has 0 aliphatic carbocycles. The Labute approximate surface area is 155 Å². The molecular formula is C19H17N5O3. The Morgan fingerprint density at radius 1 is 1.26 bits per heavy atom. The minimum Gasteiger partial charge on any atom is -0.319 e. The lowest BCUT2D eigenvalue weighted by Gasteiger charge is -2.05. The van der Waals surface area contributed by atoms with E-state index in [1.54, 1.807) is 24.3 Å². The molecule has 0 aliphatic heterocycles. The van der Waals surface area contributed by atoms with E-state index in [1.807, 2.05) is 35.8 Å². The van der Waals surface area contributed by atoms with E-state index in [0.29, 0.717) is 5.56 Å². The quantitative estimate of drug-likeness (QED) is 0.413. The number of nitro benzene ring substituents is 1. The summed E-state index contributed by atoms with van der Waals surface area (Å²) in [5.74, 6) is 0.447. The number of hydrazone groups is 1. The van der Waals surface area contributed by atoms with Crippen LogP contribution in [0.2, 0.25) is 0 Å². The number of allylic oxidation sites excluding steroid dienone is 1. The number of fused-ring (bicyclic) bond motifs is 1. The molecule has 3 rings (SSSR count). The van der Waals surface area contributed by atoms with Crippen LogP contribution in [0.4, 0.5) is 5.69 Å². The lowest BCUT2D eigenvalue weighted by molar-refractivity contribution is -0.385. The highest BCUT2D eigenvalue weighted by atomic mass is 16.6. The van der Waals surface area contributed by atoms with Crippen LogP contribution < -0.4 is 5.43 Å². The summed E-state index contributed by atoms with van der Waals surface area (Å²) in [6, 6.07) is 14.0. The SMILES string of the molecule is Cc1nc2ccccc2n1CC(=O)N/N=C\C=C\c1ccccc1[N+](=O)[O-]. The standard InChI is InChI=1S/C19H17N5O3/c1-14-21-16-9-3-5-11-18(16)23(14)13-19(25)22-20-12-6-8-15-7-2-4-10-17(15)24(26)27/h2-12H,13H2,1H3,(H,22,25)/b8-6+,20-12-. The zero-order valence-corrected chi connectivity index (χ0v) is 14.6. The van der Waals surface area contributed by atoms with Gasteiger partial charge in [-0.15, -0.1) is 0 Å². The van der Waals surface area contributed by atoms with E-state index in [9.17, 15) is 14.9 Å². The number of nitrogens with zero attached hydrogens (tertiary/aromatic N) is 4. The van der Waals surface area contributed by atoms with E-state index in [1.165, 1.54) is 18.4 Å². The Bertz CT molecular complexity index is 1050. The van der Waals surface area contributed by atoms with Crippen LogP contribution in [-0.4, -0.2) is 26.6 Å². The molecule has 0 bridgehead atoms. The number of imidazole rings is 1. The van der Waals surface area contributed by atoms with Crippen molar-refractivity contribution in [1.82, 2.24) is 15.0 Å². The predicted octanol–water partition coefficient (Wildman–Crippen LogP) is 3.07. The van der Waals surface area contributed by atoms with Crippen LogP contribution >= 0.6 is 0 Å². The molecule has 2 aromatic carbocycles. The molecule has 0 atom stereocenters. The third-order valence-electron chi connectivity index (χ3n) is 3.91. The van der Waals surface area contributed by atoms with Gasteiger partial charge in [0.1, 0.15) is 12.4 Å². The summed E-state index contributed by atoms with van der Waals surface area (Å²) in [6.45, 7) is 1.93. The van der Waals surface area contributed by atoms with Crippen molar-refractivity contribution in [3.63, 3.8) is 0 Å². The molecule has 1 heterocycles. The van der Waals surface area contributed by atoms with Gasteiger partial charge in [-0.25, -0.2) is 10.4 Å². The fraction of sp³-hybridized carbons (Fsp3) is 0.105. The Morgan fingerprint density at radius 3 is 2.81 bits per heavy atom. The van der Waals surface area contributed by atoms with Crippen molar-refractivity contribution in [3.05, 3.63) is 76.1 Å². The molecule has 0 spiro atoms. The fourth-order valence-electron chi connectivity index (χ4n) is 2.67. The van der Waals surface area contributed by atoms with Crippen molar-refractivity contribution in [3.8, 4) is 0 Å². The number of aryl methyl sites for hydroxylation is 1. The first-order chi connectivity index (χ1) is 13.1. The van der Waals surface area contributed by atoms with Gasteiger partial charge in [0.15, 0.2) is 0 Å². The number of hydrogen-bond donors (Lipinski definition) is 1. The van der Waals surface area contributed by atoms with Gasteiger partial charge in [-0.2, -0.15) is 5.10 Å². The van der Waals surface area contributed by atoms with Crippen LogP contribution in [-0.2, 0) is 11.3 Å². The smallest absolute Gasteiger partial charge is 0.276 e. The van der Waals surface area contributed by atoms with E-state index in [4.69, 9.17) is 0 Å². The highest BCUT2D eigenvalue weighted by Gasteiger charge is 2.10. The van der Waals surface area contributed by atoms with Gasteiger partial charge < -0.3 is 4.57 Å². The molecule has 1 amide bonds. The fourth-order valence-corrected chi connectivity index (χ4v) is 2.67. The molecule has 0 radical (unpaired) electrons. The van der Waals surface area contributed by atoms with Crippen LogP contribution in [0.1, 0.15) is 11.4 Å². The van der Waals surface area contributed by atoms with Crippen LogP contribution in [0.25, 0.3) is 17.1 Å². The lowest BCUT2D eigenvalue weighted by Crippen LogP contribution is -2.23. The summed E-state index contributed by atoms with van der Waals surface area (Å²) >= 11 is 0. The van der Waals surface area contributed by atoms with Gasteiger partial charge in [-0.05, 0) is 37.3 Å². The number of hydrogen-bond acceptors (Lipinski definition) is 5. The monoisotopic (exact) mass is 363 g/mol. The predicted molar refractivity (Wildman–Crippen MR) is 103 cm³/mol. The van der Waals surface area contributed by atoms with E-state index in [0.717, 1.165) is 16.9 Å². The molecular weight excluding hydrogens is 346 g/mol. The first-order valence-corrected chi connectivity index (χ1v) is 8.20. The topological polar surface area (TPSA) is 102 Å². The second kappa shape index (κ2) is 8.05. The maximum atomic E-state index is 12.1. The van der Waals surface area contributed by atoms with Crippen molar-refractivity contribution >= 4 is 34.9 Å². The van der Waals surface area contributed by atoms with Crippen molar-refractivity contribution in [2.75, 3.05) is 0 Å². The van der Waals surface area contributed by atoms with Gasteiger partial charge in [0.25, 0.3) is 11.6 Å². The van der Waals surface area contributed by atoms with Gasteiger partial charge in [0, 0.05) is 12.3 Å². The molecule has 0 saturated carbocycles. The number of nitro groups is 1. The number of amides is 1. The van der Waals surface area contributed by atoms with Crippen molar-refractivity contribution in [2.45, 2.75) is 13.5 Å². The number of carbonyl (C=O) groups excluding carboxylic acids is 1. The van der Waals surface area contributed by atoms with Gasteiger partial charge in [0.05, 0.1) is 21.5 Å².